The first-order valence-electron chi connectivity index (χ1n) is 8.70. The van der Waals surface area contributed by atoms with Crippen LogP contribution in [0, 0.1) is 6.92 Å². The summed E-state index contributed by atoms with van der Waals surface area (Å²) in [4.78, 5) is 29.8. The molecule has 0 bridgehead atoms. The van der Waals surface area contributed by atoms with Gasteiger partial charge in [0.2, 0.25) is 0 Å². The van der Waals surface area contributed by atoms with Gasteiger partial charge in [0.05, 0.1) is 5.69 Å². The first-order chi connectivity index (χ1) is 12.9. The van der Waals surface area contributed by atoms with Crippen molar-refractivity contribution in [2.45, 2.75) is 32.7 Å². The molecule has 6 heteroatoms. The molecule has 138 valence electrons. The average molecular weight is 382 g/mol. The van der Waals surface area contributed by atoms with Crippen LogP contribution in [0.4, 0.5) is 0 Å². The second-order valence-electron chi connectivity index (χ2n) is 6.50. The van der Waals surface area contributed by atoms with Gasteiger partial charge in [-0.2, -0.15) is 5.10 Å². The fraction of sp³-hybridized carbons (Fsp3) is 0.238. The van der Waals surface area contributed by atoms with Crippen LogP contribution in [0.1, 0.15) is 35.5 Å². The number of pyridine rings is 1. The van der Waals surface area contributed by atoms with E-state index in [4.69, 9.17) is 11.6 Å². The van der Waals surface area contributed by atoms with Gasteiger partial charge < -0.3 is 0 Å². The van der Waals surface area contributed by atoms with E-state index in [0.717, 1.165) is 11.3 Å². The zero-order valence-corrected chi connectivity index (χ0v) is 16.0. The quantitative estimate of drug-likeness (QED) is 0.654. The highest BCUT2D eigenvalue weighted by atomic mass is 35.5. The summed E-state index contributed by atoms with van der Waals surface area (Å²) >= 11 is 5.88. The molecule has 0 fully saturated rings. The molecule has 0 aliphatic rings. The van der Waals surface area contributed by atoms with Crippen molar-refractivity contribution < 1.29 is 4.79 Å². The number of hydrogen-bond donors (Lipinski definition) is 0. The normalized spacial score (nSPS) is 12.0. The summed E-state index contributed by atoms with van der Waals surface area (Å²) in [6.45, 7) is 3.52. The minimum absolute atomic E-state index is 0.0821. The van der Waals surface area contributed by atoms with Crippen LogP contribution in [0.25, 0.3) is 0 Å². The second-order valence-corrected chi connectivity index (χ2v) is 6.94. The highest BCUT2D eigenvalue weighted by molar-refractivity contribution is 6.30. The van der Waals surface area contributed by atoms with Crippen LogP contribution in [-0.2, 0) is 17.6 Å². The molecule has 0 N–H and O–H groups in total. The zero-order valence-electron chi connectivity index (χ0n) is 15.2. The zero-order chi connectivity index (χ0) is 19.4. The Kier molecular flexibility index (Phi) is 5.81. The fourth-order valence-corrected chi connectivity index (χ4v) is 3.01. The van der Waals surface area contributed by atoms with Gasteiger partial charge in [0.15, 0.2) is 5.78 Å². The van der Waals surface area contributed by atoms with E-state index in [0.29, 0.717) is 22.7 Å². The number of aryl methyl sites for hydroxylation is 1. The van der Waals surface area contributed by atoms with Crippen molar-refractivity contribution in [3.8, 4) is 0 Å². The average Bonchev–Trinajstić information content (AvgIpc) is 2.66. The largest absolute Gasteiger partial charge is 0.297 e. The van der Waals surface area contributed by atoms with Gasteiger partial charge >= 0.3 is 0 Å². The number of hydrogen-bond acceptors (Lipinski definition) is 4. The Morgan fingerprint density at radius 2 is 1.93 bits per heavy atom. The number of Topliss-reactive ketones (excluding diaryl/α,β-unsaturated/α-hetero) is 1. The van der Waals surface area contributed by atoms with Crippen molar-refractivity contribution in [2.24, 2.45) is 0 Å². The third-order valence-corrected chi connectivity index (χ3v) is 4.61. The molecule has 0 aliphatic carbocycles. The first-order valence-corrected chi connectivity index (χ1v) is 9.08. The molecular formula is C21H20ClN3O2. The summed E-state index contributed by atoms with van der Waals surface area (Å²) in [6.07, 6.45) is 2.32. The van der Waals surface area contributed by atoms with Gasteiger partial charge in [-0.1, -0.05) is 29.8 Å². The second kappa shape index (κ2) is 8.27. The predicted octanol–water partition coefficient (Wildman–Crippen LogP) is 3.56. The number of halogens is 1. The molecule has 0 aliphatic heterocycles. The minimum atomic E-state index is -0.657. The SMILES string of the molecule is Cc1cc(Cc2ccccn2)c(=O)n(C(C)C(=O)Cc2ccc(Cl)cc2)n1. The van der Waals surface area contributed by atoms with E-state index in [1.54, 1.807) is 31.3 Å². The Morgan fingerprint density at radius 1 is 1.19 bits per heavy atom. The Morgan fingerprint density at radius 3 is 2.59 bits per heavy atom. The van der Waals surface area contributed by atoms with Crippen LogP contribution in [0.3, 0.4) is 0 Å². The summed E-state index contributed by atoms with van der Waals surface area (Å²) in [6, 6.07) is 13.8. The standard InChI is InChI=1S/C21H20ClN3O2/c1-14-11-17(13-19-5-3-4-10-23-19)21(27)25(24-14)15(2)20(26)12-16-6-8-18(22)9-7-16/h3-11,15H,12-13H2,1-2H3. The smallest absolute Gasteiger partial charge is 0.271 e. The minimum Gasteiger partial charge on any atom is -0.297 e. The van der Waals surface area contributed by atoms with Crippen LogP contribution in [0.2, 0.25) is 5.02 Å². The number of carbonyl (C=O) groups is 1. The Balaban J connectivity index is 1.85. The molecule has 2 heterocycles. The van der Waals surface area contributed by atoms with E-state index in [2.05, 4.69) is 10.1 Å². The van der Waals surface area contributed by atoms with Gasteiger partial charge in [-0.25, -0.2) is 4.68 Å². The molecular weight excluding hydrogens is 362 g/mol. The molecule has 0 saturated carbocycles. The molecule has 1 unspecified atom stereocenters. The number of nitrogens with zero attached hydrogens (tertiary/aromatic N) is 3. The van der Waals surface area contributed by atoms with Crippen molar-refractivity contribution in [3.63, 3.8) is 0 Å². The molecule has 0 saturated heterocycles. The number of carbonyl (C=O) groups excluding carboxylic acids is 1. The molecule has 5 nitrogen and oxygen atoms in total. The third-order valence-electron chi connectivity index (χ3n) is 4.35. The van der Waals surface area contributed by atoms with Crippen molar-refractivity contribution in [2.75, 3.05) is 0 Å². The van der Waals surface area contributed by atoms with Crippen molar-refractivity contribution >= 4 is 17.4 Å². The molecule has 2 aromatic heterocycles. The molecule has 1 aromatic carbocycles. The van der Waals surface area contributed by atoms with Gasteiger partial charge in [-0.05, 0) is 49.7 Å². The predicted molar refractivity (Wildman–Crippen MR) is 105 cm³/mol. The van der Waals surface area contributed by atoms with E-state index in [1.807, 2.05) is 37.3 Å². The van der Waals surface area contributed by atoms with Gasteiger partial charge in [-0.3, -0.25) is 14.6 Å². The van der Waals surface area contributed by atoms with Crippen LogP contribution < -0.4 is 5.56 Å². The maximum Gasteiger partial charge on any atom is 0.271 e. The van der Waals surface area contributed by atoms with E-state index in [-0.39, 0.29) is 17.8 Å². The maximum atomic E-state index is 12.9. The number of ketones is 1. The molecule has 3 rings (SSSR count). The van der Waals surface area contributed by atoms with Gasteiger partial charge in [0.1, 0.15) is 6.04 Å². The molecule has 27 heavy (non-hydrogen) atoms. The molecule has 0 spiro atoms. The summed E-state index contributed by atoms with van der Waals surface area (Å²) in [5, 5.41) is 4.91. The topological polar surface area (TPSA) is 64.8 Å². The van der Waals surface area contributed by atoms with Crippen LogP contribution in [0.5, 0.6) is 0 Å². The van der Waals surface area contributed by atoms with Crippen molar-refractivity contribution in [1.82, 2.24) is 14.8 Å². The number of aromatic nitrogens is 3. The van der Waals surface area contributed by atoms with Gasteiger partial charge in [0, 0.05) is 35.3 Å². The Labute approximate surface area is 162 Å². The van der Waals surface area contributed by atoms with Gasteiger partial charge in [0.25, 0.3) is 5.56 Å². The van der Waals surface area contributed by atoms with Crippen LogP contribution >= 0.6 is 11.6 Å². The van der Waals surface area contributed by atoms with Crippen molar-refractivity contribution in [3.05, 3.63) is 92.6 Å². The highest BCUT2D eigenvalue weighted by Gasteiger charge is 2.20. The van der Waals surface area contributed by atoms with Crippen LogP contribution in [-0.4, -0.2) is 20.5 Å². The van der Waals surface area contributed by atoms with E-state index in [1.165, 1.54) is 4.68 Å². The molecule has 0 radical (unpaired) electrons. The third kappa shape index (κ3) is 4.68. The number of rotatable bonds is 6. The Bertz CT molecular complexity index is 998. The molecule has 3 aromatic rings. The highest BCUT2D eigenvalue weighted by Crippen LogP contribution is 2.14. The van der Waals surface area contributed by atoms with Crippen molar-refractivity contribution in [1.29, 1.82) is 0 Å². The molecule has 0 amide bonds. The molecule has 1 atom stereocenters. The monoisotopic (exact) mass is 381 g/mol. The lowest BCUT2D eigenvalue weighted by Crippen LogP contribution is -2.33. The van der Waals surface area contributed by atoms with Gasteiger partial charge in [-0.15, -0.1) is 0 Å². The lowest BCUT2D eigenvalue weighted by Gasteiger charge is -2.15. The summed E-state index contributed by atoms with van der Waals surface area (Å²) < 4.78 is 1.28. The summed E-state index contributed by atoms with van der Waals surface area (Å²) in [5.41, 5.74) is 2.65. The van der Waals surface area contributed by atoms with Crippen LogP contribution in [0.15, 0.2) is 59.5 Å². The lowest BCUT2D eigenvalue weighted by molar-refractivity contribution is -0.121. The Hall–Kier alpha value is -2.79. The maximum absolute atomic E-state index is 12.9. The van der Waals surface area contributed by atoms with E-state index < -0.39 is 6.04 Å². The first kappa shape index (κ1) is 19.0. The number of benzene rings is 1. The summed E-state index contributed by atoms with van der Waals surface area (Å²) in [7, 11) is 0. The fourth-order valence-electron chi connectivity index (χ4n) is 2.88. The summed E-state index contributed by atoms with van der Waals surface area (Å²) in [5.74, 6) is -0.0821. The lowest BCUT2D eigenvalue weighted by atomic mass is 10.0. The van der Waals surface area contributed by atoms with E-state index in [9.17, 15) is 9.59 Å². The van der Waals surface area contributed by atoms with E-state index >= 15 is 0 Å².